The number of ether oxygens (including phenoxy) is 1. The highest BCUT2D eigenvalue weighted by Crippen LogP contribution is 2.52. The molecule has 1 amide bonds. The fourth-order valence-electron chi connectivity index (χ4n) is 3.87. The molecule has 2 aliphatic rings. The van der Waals surface area contributed by atoms with E-state index in [0.29, 0.717) is 11.4 Å². The normalized spacial score (nSPS) is 19.6. The average molecular weight is 388 g/mol. The maximum atomic E-state index is 12.7. The molecule has 29 heavy (non-hydrogen) atoms. The lowest BCUT2D eigenvalue weighted by molar-refractivity contribution is -0.120. The third kappa shape index (κ3) is 3.18. The zero-order valence-electron chi connectivity index (χ0n) is 15.7. The van der Waals surface area contributed by atoms with Crippen molar-refractivity contribution in [1.82, 2.24) is 20.5 Å². The van der Waals surface area contributed by atoms with Gasteiger partial charge in [0, 0.05) is 17.3 Å². The summed E-state index contributed by atoms with van der Waals surface area (Å²) in [4.78, 5) is 29.5. The van der Waals surface area contributed by atoms with E-state index in [4.69, 9.17) is 4.74 Å². The van der Waals surface area contributed by atoms with Gasteiger partial charge in [-0.2, -0.15) is 5.10 Å². The molecule has 0 spiro atoms. The number of hydrogen-bond acceptors (Lipinski definition) is 5. The van der Waals surface area contributed by atoms with Gasteiger partial charge in [-0.15, -0.1) is 0 Å². The lowest BCUT2D eigenvalue weighted by Gasteiger charge is -2.14. The Kier molecular flexibility index (Phi) is 4.16. The molecule has 1 fully saturated rings. The van der Waals surface area contributed by atoms with Gasteiger partial charge in [-0.25, -0.2) is 0 Å². The summed E-state index contributed by atoms with van der Waals surface area (Å²) in [5.41, 5.74) is 2.91. The first-order chi connectivity index (χ1) is 14.2. The molecule has 0 bridgehead atoms. The molecule has 3 heterocycles. The number of benzene rings is 1. The van der Waals surface area contributed by atoms with Gasteiger partial charge in [-0.1, -0.05) is 30.3 Å². The number of ketones is 1. The highest BCUT2D eigenvalue weighted by Gasteiger charge is 2.47. The number of amides is 1. The zero-order chi connectivity index (χ0) is 19.8. The molecule has 0 saturated heterocycles. The number of aromatic amines is 1. The Labute approximate surface area is 167 Å². The first-order valence-electron chi connectivity index (χ1n) is 9.67. The first kappa shape index (κ1) is 17.6. The molecule has 0 radical (unpaired) electrons. The van der Waals surface area contributed by atoms with E-state index >= 15 is 0 Å². The number of fused-ring (bicyclic) bond motifs is 1. The van der Waals surface area contributed by atoms with Gasteiger partial charge in [0.25, 0.3) is 5.91 Å². The minimum Gasteiger partial charge on any atom is -0.489 e. The molecule has 1 aromatic carbocycles. The summed E-state index contributed by atoms with van der Waals surface area (Å²) >= 11 is 0. The molecule has 1 aliphatic carbocycles. The van der Waals surface area contributed by atoms with E-state index in [9.17, 15) is 9.59 Å². The van der Waals surface area contributed by atoms with Crippen LogP contribution in [0, 0.1) is 0 Å². The second-order valence-corrected chi connectivity index (χ2v) is 7.54. The number of pyridine rings is 1. The summed E-state index contributed by atoms with van der Waals surface area (Å²) < 4.78 is 5.67. The SMILES string of the molecule is O=C(N[C@H]1COc2cccnc2CC1=O)c1cc(C2(c3ccccc3)CC2)[nH]n1. The predicted molar refractivity (Wildman–Crippen MR) is 105 cm³/mol. The van der Waals surface area contributed by atoms with E-state index in [-0.39, 0.29) is 29.9 Å². The van der Waals surface area contributed by atoms with Crippen molar-refractivity contribution in [2.45, 2.75) is 30.7 Å². The van der Waals surface area contributed by atoms with Crippen molar-refractivity contribution in [3.63, 3.8) is 0 Å². The number of aromatic nitrogens is 3. The van der Waals surface area contributed by atoms with Crippen LogP contribution in [0.3, 0.4) is 0 Å². The van der Waals surface area contributed by atoms with E-state index in [1.807, 2.05) is 18.2 Å². The van der Waals surface area contributed by atoms with Gasteiger partial charge < -0.3 is 10.1 Å². The van der Waals surface area contributed by atoms with Crippen LogP contribution in [-0.4, -0.2) is 39.5 Å². The third-order valence-electron chi connectivity index (χ3n) is 5.69. The molecule has 2 N–H and O–H groups in total. The van der Waals surface area contributed by atoms with E-state index in [1.165, 1.54) is 5.56 Å². The fraction of sp³-hybridized carbons (Fsp3) is 0.273. The Morgan fingerprint density at radius 3 is 2.79 bits per heavy atom. The van der Waals surface area contributed by atoms with Crippen molar-refractivity contribution in [3.8, 4) is 5.75 Å². The van der Waals surface area contributed by atoms with Gasteiger partial charge >= 0.3 is 0 Å². The second kappa shape index (κ2) is 6.84. The second-order valence-electron chi connectivity index (χ2n) is 7.54. The number of nitrogens with one attached hydrogen (secondary N) is 2. The molecule has 1 aliphatic heterocycles. The van der Waals surface area contributed by atoms with Gasteiger partial charge in [-0.05, 0) is 36.6 Å². The van der Waals surface area contributed by atoms with E-state index in [1.54, 1.807) is 24.4 Å². The minimum absolute atomic E-state index is 0.0779. The molecule has 7 nitrogen and oxygen atoms in total. The van der Waals surface area contributed by atoms with Crippen molar-refractivity contribution in [2.24, 2.45) is 0 Å². The molecule has 7 heteroatoms. The summed E-state index contributed by atoms with van der Waals surface area (Å²) in [6, 6.07) is 14.8. The van der Waals surface area contributed by atoms with Crippen molar-refractivity contribution < 1.29 is 14.3 Å². The van der Waals surface area contributed by atoms with Gasteiger partial charge in [0.1, 0.15) is 24.1 Å². The molecule has 2 aromatic heterocycles. The Morgan fingerprint density at radius 1 is 1.17 bits per heavy atom. The van der Waals surface area contributed by atoms with Crippen LogP contribution in [0.25, 0.3) is 0 Å². The van der Waals surface area contributed by atoms with Gasteiger partial charge in [0.05, 0.1) is 12.1 Å². The number of nitrogens with zero attached hydrogens (tertiary/aromatic N) is 2. The number of H-pyrrole nitrogens is 1. The highest BCUT2D eigenvalue weighted by atomic mass is 16.5. The lowest BCUT2D eigenvalue weighted by atomic mass is 9.92. The van der Waals surface area contributed by atoms with Crippen LogP contribution < -0.4 is 10.1 Å². The smallest absolute Gasteiger partial charge is 0.272 e. The molecule has 5 rings (SSSR count). The van der Waals surface area contributed by atoms with Crippen LogP contribution in [0.4, 0.5) is 0 Å². The topological polar surface area (TPSA) is 97.0 Å². The Balaban J connectivity index is 1.31. The summed E-state index contributed by atoms with van der Waals surface area (Å²) in [5, 5.41) is 9.99. The van der Waals surface area contributed by atoms with Crippen LogP contribution in [-0.2, 0) is 16.6 Å². The average Bonchev–Trinajstić information content (AvgIpc) is 3.44. The Morgan fingerprint density at radius 2 is 2.00 bits per heavy atom. The molecular weight excluding hydrogens is 368 g/mol. The summed E-state index contributed by atoms with van der Waals surface area (Å²) in [6.45, 7) is 0.0779. The first-order valence-corrected chi connectivity index (χ1v) is 9.67. The fourth-order valence-corrected chi connectivity index (χ4v) is 3.87. The summed E-state index contributed by atoms with van der Waals surface area (Å²) in [6.07, 6.45) is 3.78. The highest BCUT2D eigenvalue weighted by molar-refractivity contribution is 5.97. The maximum absolute atomic E-state index is 12.7. The number of hydrogen-bond donors (Lipinski definition) is 2. The van der Waals surface area contributed by atoms with Crippen LogP contribution >= 0.6 is 0 Å². The summed E-state index contributed by atoms with van der Waals surface area (Å²) in [5.74, 6) is 0.0601. The molecule has 1 atom stereocenters. The van der Waals surface area contributed by atoms with Gasteiger partial charge in [0.2, 0.25) is 0 Å². The van der Waals surface area contributed by atoms with Gasteiger partial charge in [-0.3, -0.25) is 19.7 Å². The predicted octanol–water partition coefficient (Wildman–Crippen LogP) is 2.19. The Bertz CT molecular complexity index is 1070. The number of carbonyl (C=O) groups excluding carboxylic acids is 2. The van der Waals surface area contributed by atoms with Crippen molar-refractivity contribution in [1.29, 1.82) is 0 Å². The standard InChI is InChI=1S/C22H20N4O3/c27-18-11-15-19(7-4-10-23-15)29-13-17(18)24-21(28)16-12-20(26-25-16)22(8-9-22)14-5-2-1-3-6-14/h1-7,10,12,17H,8-9,11,13H2,(H,24,28)(H,25,26)/t17-/m0/s1. The van der Waals surface area contributed by atoms with Crippen LogP contribution in [0.1, 0.15) is 40.3 Å². The molecule has 3 aromatic rings. The number of Topliss-reactive ketones (excluding diaryl/α,β-unsaturated/α-hetero) is 1. The van der Waals surface area contributed by atoms with Crippen molar-refractivity contribution in [2.75, 3.05) is 6.61 Å². The lowest BCUT2D eigenvalue weighted by Crippen LogP contribution is -2.44. The monoisotopic (exact) mass is 388 g/mol. The number of carbonyl (C=O) groups is 2. The molecule has 1 saturated carbocycles. The van der Waals surface area contributed by atoms with Crippen LogP contribution in [0.5, 0.6) is 5.75 Å². The summed E-state index contributed by atoms with van der Waals surface area (Å²) in [7, 11) is 0. The largest absolute Gasteiger partial charge is 0.489 e. The number of rotatable bonds is 4. The van der Waals surface area contributed by atoms with Crippen LogP contribution in [0.2, 0.25) is 0 Å². The van der Waals surface area contributed by atoms with E-state index in [2.05, 4.69) is 32.6 Å². The quantitative estimate of drug-likeness (QED) is 0.714. The van der Waals surface area contributed by atoms with Crippen molar-refractivity contribution in [3.05, 3.63) is 77.4 Å². The van der Waals surface area contributed by atoms with Crippen LogP contribution in [0.15, 0.2) is 54.7 Å². The minimum atomic E-state index is -0.735. The van der Waals surface area contributed by atoms with Crippen molar-refractivity contribution >= 4 is 11.7 Å². The molecule has 0 unspecified atom stereocenters. The molecule has 146 valence electrons. The maximum Gasteiger partial charge on any atom is 0.272 e. The van der Waals surface area contributed by atoms with E-state index in [0.717, 1.165) is 18.5 Å². The molecular formula is C22H20N4O3. The van der Waals surface area contributed by atoms with Gasteiger partial charge in [0.15, 0.2) is 5.78 Å². The Hall–Kier alpha value is -3.48. The zero-order valence-corrected chi connectivity index (χ0v) is 15.7. The van der Waals surface area contributed by atoms with E-state index < -0.39 is 11.9 Å². The third-order valence-corrected chi connectivity index (χ3v) is 5.69.